The van der Waals surface area contributed by atoms with Crippen LogP contribution in [0, 0.1) is 13.8 Å². The van der Waals surface area contributed by atoms with Gasteiger partial charge in [-0.15, -0.1) is 0 Å². The number of aromatic nitrogens is 6. The number of hydrogen-bond donors (Lipinski definition) is 1. The van der Waals surface area contributed by atoms with E-state index in [9.17, 15) is 0 Å². The minimum Gasteiger partial charge on any atom is -0.357 e. The first-order valence-corrected chi connectivity index (χ1v) is 6.54. The number of anilines is 1. The van der Waals surface area contributed by atoms with Gasteiger partial charge in [-0.2, -0.15) is 24.7 Å². The van der Waals surface area contributed by atoms with Crippen LogP contribution in [0.1, 0.15) is 11.1 Å². The Balaban J connectivity index is 2.16. The molecule has 0 saturated carbocycles. The molecule has 0 aliphatic carbocycles. The lowest BCUT2D eigenvalue weighted by Gasteiger charge is -2.09. The first-order valence-electron chi connectivity index (χ1n) is 6.54. The summed E-state index contributed by atoms with van der Waals surface area (Å²) in [5.41, 5.74) is 3.30. The van der Waals surface area contributed by atoms with E-state index in [2.05, 4.69) is 43.3 Å². The van der Waals surface area contributed by atoms with Gasteiger partial charge in [0.2, 0.25) is 5.95 Å². The maximum Gasteiger partial charge on any atom is 0.257 e. The highest BCUT2D eigenvalue weighted by atomic mass is 15.4. The fraction of sp³-hybridized carbons (Fsp3) is 0.214. The van der Waals surface area contributed by atoms with Crippen LogP contribution in [0.2, 0.25) is 0 Å². The fourth-order valence-corrected chi connectivity index (χ4v) is 2.08. The van der Waals surface area contributed by atoms with Crippen LogP contribution >= 0.6 is 0 Å². The molecule has 1 aromatic carbocycles. The summed E-state index contributed by atoms with van der Waals surface area (Å²) in [6, 6.07) is 6.16. The third-order valence-corrected chi connectivity index (χ3v) is 3.09. The van der Waals surface area contributed by atoms with Crippen LogP contribution in [-0.4, -0.2) is 36.8 Å². The van der Waals surface area contributed by atoms with Crippen molar-refractivity contribution in [1.82, 2.24) is 29.7 Å². The Hall–Kier alpha value is -2.83. The molecule has 0 spiro atoms. The molecule has 0 amide bonds. The zero-order valence-electron chi connectivity index (χ0n) is 12.1. The van der Waals surface area contributed by atoms with Gasteiger partial charge in [-0.3, -0.25) is 0 Å². The number of aryl methyl sites for hydroxylation is 2. The maximum atomic E-state index is 4.48. The highest BCUT2D eigenvalue weighted by Gasteiger charge is 2.11. The van der Waals surface area contributed by atoms with Crippen LogP contribution in [0.3, 0.4) is 0 Å². The molecule has 0 saturated heterocycles. The second kappa shape index (κ2) is 5.28. The Bertz CT molecular complexity index is 765. The molecule has 2 heterocycles. The highest BCUT2D eigenvalue weighted by Crippen LogP contribution is 2.22. The largest absolute Gasteiger partial charge is 0.357 e. The summed E-state index contributed by atoms with van der Waals surface area (Å²) in [6.45, 7) is 4.10. The summed E-state index contributed by atoms with van der Waals surface area (Å²) in [5, 5.41) is 7.00. The van der Waals surface area contributed by atoms with Crippen molar-refractivity contribution in [3.8, 4) is 17.3 Å². The lowest BCUT2D eigenvalue weighted by molar-refractivity contribution is 0.798. The molecule has 21 heavy (non-hydrogen) atoms. The summed E-state index contributed by atoms with van der Waals surface area (Å²) in [4.78, 5) is 17.1. The zero-order valence-corrected chi connectivity index (χ0v) is 12.1. The third-order valence-electron chi connectivity index (χ3n) is 3.09. The Morgan fingerprint density at radius 3 is 2.62 bits per heavy atom. The van der Waals surface area contributed by atoms with Gasteiger partial charge >= 0.3 is 0 Å². The summed E-state index contributed by atoms with van der Waals surface area (Å²) >= 11 is 0. The van der Waals surface area contributed by atoms with E-state index in [1.165, 1.54) is 16.6 Å². The van der Waals surface area contributed by atoms with Crippen molar-refractivity contribution in [1.29, 1.82) is 0 Å². The molecule has 0 unspecified atom stereocenters. The Morgan fingerprint density at radius 1 is 1.10 bits per heavy atom. The van der Waals surface area contributed by atoms with Crippen molar-refractivity contribution in [2.45, 2.75) is 13.8 Å². The van der Waals surface area contributed by atoms with E-state index in [1.54, 1.807) is 13.4 Å². The van der Waals surface area contributed by atoms with Crippen LogP contribution in [0.25, 0.3) is 17.3 Å². The van der Waals surface area contributed by atoms with Crippen molar-refractivity contribution in [2.75, 3.05) is 12.4 Å². The first kappa shape index (κ1) is 13.2. The van der Waals surface area contributed by atoms with Crippen molar-refractivity contribution in [2.24, 2.45) is 0 Å². The molecule has 7 heteroatoms. The van der Waals surface area contributed by atoms with E-state index in [0.717, 1.165) is 11.1 Å². The van der Waals surface area contributed by atoms with Crippen LogP contribution < -0.4 is 5.32 Å². The third kappa shape index (κ3) is 2.58. The standard InChI is InChI=1S/C14H15N7/c1-9-4-5-11(10(2)6-9)12-18-13(15-3)20-14(19-12)21-8-16-7-17-21/h4-8H,1-3H3,(H,15,18,19,20). The zero-order chi connectivity index (χ0) is 14.8. The Morgan fingerprint density at radius 2 is 1.95 bits per heavy atom. The number of nitrogens with zero attached hydrogens (tertiary/aromatic N) is 6. The quantitative estimate of drug-likeness (QED) is 0.788. The van der Waals surface area contributed by atoms with Crippen molar-refractivity contribution < 1.29 is 0 Å². The number of hydrogen-bond acceptors (Lipinski definition) is 6. The number of nitrogens with one attached hydrogen (secondary N) is 1. The minimum atomic E-state index is 0.432. The molecule has 106 valence electrons. The average Bonchev–Trinajstić information content (AvgIpc) is 3.01. The van der Waals surface area contributed by atoms with E-state index in [1.807, 2.05) is 19.1 Å². The number of rotatable bonds is 3. The topological polar surface area (TPSA) is 81.4 Å². The van der Waals surface area contributed by atoms with E-state index in [0.29, 0.717) is 17.7 Å². The van der Waals surface area contributed by atoms with Gasteiger partial charge in [0, 0.05) is 12.6 Å². The molecule has 3 aromatic rings. The molecule has 7 nitrogen and oxygen atoms in total. The van der Waals surface area contributed by atoms with Gasteiger partial charge in [0.15, 0.2) is 5.82 Å². The van der Waals surface area contributed by atoms with Gasteiger partial charge in [-0.1, -0.05) is 23.8 Å². The van der Waals surface area contributed by atoms with E-state index < -0.39 is 0 Å². The molecule has 0 radical (unpaired) electrons. The number of benzene rings is 1. The summed E-state index contributed by atoms with van der Waals surface area (Å²) in [5.74, 6) is 1.53. The lowest BCUT2D eigenvalue weighted by Crippen LogP contribution is -2.08. The van der Waals surface area contributed by atoms with E-state index >= 15 is 0 Å². The van der Waals surface area contributed by atoms with Gasteiger partial charge < -0.3 is 5.32 Å². The second-order valence-electron chi connectivity index (χ2n) is 4.69. The first-order chi connectivity index (χ1) is 10.2. The van der Waals surface area contributed by atoms with Crippen molar-refractivity contribution in [3.63, 3.8) is 0 Å². The molecule has 0 bridgehead atoms. The lowest BCUT2D eigenvalue weighted by atomic mass is 10.1. The maximum absolute atomic E-state index is 4.48. The fourth-order valence-electron chi connectivity index (χ4n) is 2.08. The summed E-state index contributed by atoms with van der Waals surface area (Å²) in [6.07, 6.45) is 3.00. The predicted molar refractivity (Wildman–Crippen MR) is 79.2 cm³/mol. The van der Waals surface area contributed by atoms with Crippen LogP contribution in [-0.2, 0) is 0 Å². The molecule has 0 aliphatic heterocycles. The molecular formula is C14H15N7. The molecule has 1 N–H and O–H groups in total. The smallest absolute Gasteiger partial charge is 0.257 e. The van der Waals surface area contributed by atoms with Crippen LogP contribution in [0.15, 0.2) is 30.9 Å². The Labute approximate surface area is 122 Å². The van der Waals surface area contributed by atoms with Crippen molar-refractivity contribution in [3.05, 3.63) is 42.0 Å². The summed E-state index contributed by atoms with van der Waals surface area (Å²) in [7, 11) is 1.77. The van der Waals surface area contributed by atoms with E-state index in [-0.39, 0.29) is 0 Å². The van der Waals surface area contributed by atoms with Gasteiger partial charge in [0.25, 0.3) is 5.95 Å². The molecular weight excluding hydrogens is 266 g/mol. The second-order valence-corrected chi connectivity index (χ2v) is 4.69. The summed E-state index contributed by atoms with van der Waals surface area (Å²) < 4.78 is 1.51. The normalized spacial score (nSPS) is 10.6. The predicted octanol–water partition coefficient (Wildman–Crippen LogP) is 1.78. The molecule has 2 aromatic heterocycles. The SMILES string of the molecule is CNc1nc(-c2ccc(C)cc2C)nc(-n2cncn2)n1. The highest BCUT2D eigenvalue weighted by molar-refractivity contribution is 5.62. The van der Waals surface area contributed by atoms with Crippen LogP contribution in [0.5, 0.6) is 0 Å². The van der Waals surface area contributed by atoms with Gasteiger partial charge in [0.1, 0.15) is 12.7 Å². The van der Waals surface area contributed by atoms with Gasteiger partial charge in [-0.05, 0) is 19.4 Å². The van der Waals surface area contributed by atoms with Crippen molar-refractivity contribution >= 4 is 5.95 Å². The molecule has 0 atom stereocenters. The molecule has 0 aliphatic rings. The van der Waals surface area contributed by atoms with Crippen LogP contribution in [0.4, 0.5) is 5.95 Å². The molecule has 3 rings (SSSR count). The average molecular weight is 281 g/mol. The minimum absolute atomic E-state index is 0.432. The van der Waals surface area contributed by atoms with E-state index in [4.69, 9.17) is 0 Å². The van der Waals surface area contributed by atoms with Gasteiger partial charge in [0.05, 0.1) is 0 Å². The van der Waals surface area contributed by atoms with Gasteiger partial charge in [-0.25, -0.2) is 4.98 Å². The Kier molecular flexibility index (Phi) is 3.31. The molecule has 0 fully saturated rings. The monoisotopic (exact) mass is 281 g/mol.